The molecule has 90 valence electrons. The molecule has 1 aromatic heterocycles. The van der Waals surface area contributed by atoms with Gasteiger partial charge in [-0.15, -0.1) is 0 Å². The van der Waals surface area contributed by atoms with Crippen molar-refractivity contribution < 1.29 is 0 Å². The minimum atomic E-state index is 0.433. The second kappa shape index (κ2) is 4.87. The zero-order valence-electron chi connectivity index (χ0n) is 10.5. The number of nitrogens with one attached hydrogen (secondary N) is 1. The van der Waals surface area contributed by atoms with Gasteiger partial charge >= 0.3 is 0 Å². The van der Waals surface area contributed by atoms with Crippen molar-refractivity contribution in [1.82, 2.24) is 14.5 Å². The molecule has 0 aromatic carbocycles. The monoisotopic (exact) mass is 222 g/mol. The molecular formula is C12H22N4. The molecule has 1 aliphatic rings. The molecule has 2 rings (SSSR count). The van der Waals surface area contributed by atoms with Crippen LogP contribution in [0.5, 0.6) is 0 Å². The van der Waals surface area contributed by atoms with Crippen LogP contribution in [0.15, 0.2) is 12.4 Å². The molecule has 4 heteroatoms. The van der Waals surface area contributed by atoms with Gasteiger partial charge in [0.25, 0.3) is 0 Å². The van der Waals surface area contributed by atoms with Crippen LogP contribution in [-0.2, 0) is 0 Å². The van der Waals surface area contributed by atoms with Crippen molar-refractivity contribution in [3.63, 3.8) is 0 Å². The lowest BCUT2D eigenvalue weighted by Gasteiger charge is -2.31. The molecule has 1 saturated heterocycles. The second-order valence-electron chi connectivity index (χ2n) is 5.02. The quantitative estimate of drug-likeness (QED) is 0.849. The number of rotatable bonds is 3. The summed E-state index contributed by atoms with van der Waals surface area (Å²) in [7, 11) is 2.19. The number of piperidine rings is 1. The van der Waals surface area contributed by atoms with E-state index in [2.05, 4.69) is 46.9 Å². The Kier molecular flexibility index (Phi) is 3.49. The van der Waals surface area contributed by atoms with Gasteiger partial charge in [0.05, 0.1) is 0 Å². The molecule has 0 aliphatic carbocycles. The Labute approximate surface area is 97.7 Å². The van der Waals surface area contributed by atoms with Gasteiger partial charge in [-0.2, -0.15) is 0 Å². The number of anilines is 1. The number of likely N-dealkylation sites (tertiary alicyclic amines) is 1. The van der Waals surface area contributed by atoms with Crippen molar-refractivity contribution >= 4 is 5.95 Å². The maximum Gasteiger partial charge on any atom is 0.203 e. The van der Waals surface area contributed by atoms with E-state index in [-0.39, 0.29) is 0 Å². The first-order chi connectivity index (χ1) is 7.66. The summed E-state index contributed by atoms with van der Waals surface area (Å²) in [5.41, 5.74) is 0. The highest BCUT2D eigenvalue weighted by Gasteiger charge is 2.20. The Balaban J connectivity index is 2.10. The van der Waals surface area contributed by atoms with Crippen LogP contribution in [0.3, 0.4) is 0 Å². The normalized spacial score (nSPS) is 22.6. The summed E-state index contributed by atoms with van der Waals surface area (Å²) >= 11 is 0. The number of aromatic nitrogens is 2. The fourth-order valence-corrected chi connectivity index (χ4v) is 2.34. The van der Waals surface area contributed by atoms with Gasteiger partial charge in [0.1, 0.15) is 0 Å². The SMILES string of the molecule is CC(C)Nc1nccn1C1CCCN(C)C1. The molecule has 0 spiro atoms. The predicted octanol–water partition coefficient (Wildman–Crippen LogP) is 1.97. The highest BCUT2D eigenvalue weighted by Crippen LogP contribution is 2.23. The van der Waals surface area contributed by atoms with Gasteiger partial charge in [-0.1, -0.05) is 0 Å². The van der Waals surface area contributed by atoms with Gasteiger partial charge in [-0.3, -0.25) is 0 Å². The average molecular weight is 222 g/mol. The lowest BCUT2D eigenvalue weighted by atomic mass is 10.1. The van der Waals surface area contributed by atoms with E-state index in [1.54, 1.807) is 0 Å². The van der Waals surface area contributed by atoms with Gasteiger partial charge in [-0.05, 0) is 40.3 Å². The molecule has 1 aliphatic heterocycles. The largest absolute Gasteiger partial charge is 0.353 e. The minimum Gasteiger partial charge on any atom is -0.353 e. The molecule has 1 aromatic rings. The van der Waals surface area contributed by atoms with E-state index in [1.807, 2.05) is 6.20 Å². The molecule has 1 unspecified atom stereocenters. The van der Waals surface area contributed by atoms with E-state index in [9.17, 15) is 0 Å². The van der Waals surface area contributed by atoms with E-state index in [4.69, 9.17) is 0 Å². The molecule has 0 saturated carbocycles. The molecule has 1 fully saturated rings. The Morgan fingerprint density at radius 3 is 3.00 bits per heavy atom. The number of hydrogen-bond acceptors (Lipinski definition) is 3. The van der Waals surface area contributed by atoms with Crippen molar-refractivity contribution in [3.8, 4) is 0 Å². The molecule has 0 bridgehead atoms. The summed E-state index contributed by atoms with van der Waals surface area (Å²) in [6.07, 6.45) is 6.52. The third-order valence-corrected chi connectivity index (χ3v) is 3.08. The van der Waals surface area contributed by atoms with Gasteiger partial charge < -0.3 is 14.8 Å². The van der Waals surface area contributed by atoms with Crippen LogP contribution >= 0.6 is 0 Å². The minimum absolute atomic E-state index is 0.433. The molecule has 4 nitrogen and oxygen atoms in total. The summed E-state index contributed by atoms with van der Waals surface area (Å²) in [5, 5.41) is 3.40. The third kappa shape index (κ3) is 2.55. The molecule has 16 heavy (non-hydrogen) atoms. The lowest BCUT2D eigenvalue weighted by molar-refractivity contribution is 0.213. The van der Waals surface area contributed by atoms with Crippen LogP contribution in [0, 0.1) is 0 Å². The summed E-state index contributed by atoms with van der Waals surface area (Å²) in [6, 6.07) is 1.00. The van der Waals surface area contributed by atoms with Crippen LogP contribution < -0.4 is 5.32 Å². The molecule has 0 radical (unpaired) electrons. The molecule has 2 heterocycles. The number of nitrogens with zero attached hydrogens (tertiary/aromatic N) is 3. The maximum atomic E-state index is 4.39. The Morgan fingerprint density at radius 2 is 2.31 bits per heavy atom. The summed E-state index contributed by atoms with van der Waals surface area (Å²) in [5.74, 6) is 1.01. The average Bonchev–Trinajstić information content (AvgIpc) is 2.65. The predicted molar refractivity (Wildman–Crippen MR) is 66.8 cm³/mol. The smallest absolute Gasteiger partial charge is 0.203 e. The highest BCUT2D eigenvalue weighted by atomic mass is 15.2. The fraction of sp³-hybridized carbons (Fsp3) is 0.750. The number of hydrogen-bond donors (Lipinski definition) is 1. The van der Waals surface area contributed by atoms with Crippen molar-refractivity contribution in [1.29, 1.82) is 0 Å². The van der Waals surface area contributed by atoms with Crippen molar-refractivity contribution in [2.24, 2.45) is 0 Å². The third-order valence-electron chi connectivity index (χ3n) is 3.08. The molecule has 1 atom stereocenters. The standard InChI is InChI=1S/C12H22N4/c1-10(2)14-12-13-6-8-16(12)11-5-4-7-15(3)9-11/h6,8,10-11H,4-5,7,9H2,1-3H3,(H,13,14). The van der Waals surface area contributed by atoms with Crippen LogP contribution in [0.25, 0.3) is 0 Å². The van der Waals surface area contributed by atoms with Crippen LogP contribution in [0.4, 0.5) is 5.95 Å². The topological polar surface area (TPSA) is 33.1 Å². The Bertz CT molecular complexity index is 332. The van der Waals surface area contributed by atoms with Crippen LogP contribution in [0.1, 0.15) is 32.7 Å². The number of imidazole rings is 1. The maximum absolute atomic E-state index is 4.39. The first-order valence-corrected chi connectivity index (χ1v) is 6.14. The Morgan fingerprint density at radius 1 is 1.50 bits per heavy atom. The number of likely N-dealkylation sites (N-methyl/N-ethyl adjacent to an activating group) is 1. The highest BCUT2D eigenvalue weighted by molar-refractivity contribution is 5.27. The van der Waals surface area contributed by atoms with Crippen molar-refractivity contribution in [3.05, 3.63) is 12.4 Å². The first kappa shape index (κ1) is 11.5. The van der Waals surface area contributed by atoms with E-state index in [1.165, 1.54) is 19.4 Å². The fourth-order valence-electron chi connectivity index (χ4n) is 2.34. The van der Waals surface area contributed by atoms with Gasteiger partial charge in [0, 0.05) is 31.0 Å². The molecule has 0 amide bonds. The van der Waals surface area contributed by atoms with Crippen LogP contribution in [0.2, 0.25) is 0 Å². The van der Waals surface area contributed by atoms with Crippen molar-refractivity contribution in [2.75, 3.05) is 25.5 Å². The lowest BCUT2D eigenvalue weighted by Crippen LogP contribution is -2.34. The molecule has 1 N–H and O–H groups in total. The zero-order valence-corrected chi connectivity index (χ0v) is 10.5. The van der Waals surface area contributed by atoms with Gasteiger partial charge in [-0.25, -0.2) is 4.98 Å². The summed E-state index contributed by atoms with van der Waals surface area (Å²) in [6.45, 7) is 6.64. The van der Waals surface area contributed by atoms with E-state index in [0.29, 0.717) is 12.1 Å². The Hall–Kier alpha value is -1.03. The van der Waals surface area contributed by atoms with Crippen molar-refractivity contribution in [2.45, 2.75) is 38.8 Å². The second-order valence-corrected chi connectivity index (χ2v) is 5.02. The zero-order chi connectivity index (χ0) is 11.5. The summed E-state index contributed by atoms with van der Waals surface area (Å²) in [4.78, 5) is 6.79. The van der Waals surface area contributed by atoms with Gasteiger partial charge in [0.2, 0.25) is 5.95 Å². The first-order valence-electron chi connectivity index (χ1n) is 6.14. The van der Waals surface area contributed by atoms with E-state index in [0.717, 1.165) is 12.5 Å². The van der Waals surface area contributed by atoms with E-state index < -0.39 is 0 Å². The van der Waals surface area contributed by atoms with Gasteiger partial charge in [0.15, 0.2) is 0 Å². The summed E-state index contributed by atoms with van der Waals surface area (Å²) < 4.78 is 2.29. The van der Waals surface area contributed by atoms with Crippen LogP contribution in [-0.4, -0.2) is 40.6 Å². The molecular weight excluding hydrogens is 200 g/mol. The van der Waals surface area contributed by atoms with E-state index >= 15 is 0 Å².